The van der Waals surface area contributed by atoms with Crippen LogP contribution >= 0.6 is 0 Å². The minimum absolute atomic E-state index is 0.354. The monoisotopic (exact) mass is 981 g/mol. The molecular weight excluding hydrogens is 861 g/mol. The molecule has 0 heterocycles. The van der Waals surface area contributed by atoms with E-state index in [1.807, 2.05) is 0 Å². The molecule has 0 saturated carbocycles. The first kappa shape index (κ1) is 66.1. The normalized spacial score (nSPS) is 11.6. The summed E-state index contributed by atoms with van der Waals surface area (Å²) in [4.78, 5) is 31.5. The topological polar surface area (TPSA) is 59.1 Å². The number of hydrogen-bond acceptors (Lipinski definition) is 6. The fourth-order valence-corrected chi connectivity index (χ4v) is 10.1. The molecule has 0 atom stereocenters. The van der Waals surface area contributed by atoms with E-state index in [9.17, 15) is 9.59 Å². The van der Waals surface area contributed by atoms with Crippen LogP contribution in [0.25, 0.3) is 0 Å². The van der Waals surface area contributed by atoms with E-state index in [0.29, 0.717) is 24.3 Å². The van der Waals surface area contributed by atoms with Gasteiger partial charge in [0.05, 0.1) is 24.3 Å². The van der Waals surface area contributed by atoms with Gasteiger partial charge in [-0.05, 0) is 109 Å². The zero-order valence-electron chi connectivity index (χ0n) is 47.6. The van der Waals surface area contributed by atoms with E-state index in [1.165, 1.54) is 283 Å². The Hall–Kier alpha value is -1.92. The molecule has 1 aromatic carbocycles. The van der Waals surface area contributed by atoms with Crippen LogP contribution in [0.1, 0.15) is 331 Å². The van der Waals surface area contributed by atoms with Gasteiger partial charge in [0, 0.05) is 0 Å². The first-order valence-corrected chi connectivity index (χ1v) is 31.4. The van der Waals surface area contributed by atoms with Gasteiger partial charge in [-0.3, -0.25) is 0 Å². The molecule has 6 nitrogen and oxygen atoms in total. The zero-order chi connectivity index (χ0) is 50.5. The van der Waals surface area contributed by atoms with Gasteiger partial charge in [-0.2, -0.15) is 0 Å². The van der Waals surface area contributed by atoms with Crippen molar-refractivity contribution in [1.82, 2.24) is 9.80 Å². The molecule has 1 rings (SSSR count). The Morgan fingerprint density at radius 2 is 0.500 bits per heavy atom. The van der Waals surface area contributed by atoms with Crippen molar-refractivity contribution in [2.45, 2.75) is 310 Å². The summed E-state index contributed by atoms with van der Waals surface area (Å²) in [5.74, 6) is -0.709. The van der Waals surface area contributed by atoms with Crippen molar-refractivity contribution >= 4 is 11.9 Å². The van der Waals surface area contributed by atoms with Crippen molar-refractivity contribution in [1.29, 1.82) is 0 Å². The number of carbonyl (C=O) groups excluding carboxylic acids is 2. The number of nitrogens with zero attached hydrogens (tertiary/aromatic N) is 2. The highest BCUT2D eigenvalue weighted by Crippen LogP contribution is 2.17. The van der Waals surface area contributed by atoms with Crippen LogP contribution in [0.4, 0.5) is 0 Å². The Labute approximate surface area is 437 Å². The SMILES string of the molecule is CCCCCCCCCCCCN(CCCCCCCCCCCC)CCCCOC(=O)c1cccc(C(=O)OCCCCN(CCCCCCCCCCCC)CCCCCCCCCCCC)c1. The van der Waals surface area contributed by atoms with E-state index in [4.69, 9.17) is 9.47 Å². The van der Waals surface area contributed by atoms with Gasteiger partial charge in [0.15, 0.2) is 0 Å². The first-order chi connectivity index (χ1) is 34.5. The second-order valence-corrected chi connectivity index (χ2v) is 21.7. The second kappa shape index (κ2) is 53.4. The molecule has 0 amide bonds. The minimum Gasteiger partial charge on any atom is -0.462 e. The van der Waals surface area contributed by atoms with Crippen molar-refractivity contribution in [2.24, 2.45) is 0 Å². The molecule has 0 aliphatic rings. The lowest BCUT2D eigenvalue weighted by Crippen LogP contribution is -2.27. The molecule has 0 unspecified atom stereocenters. The smallest absolute Gasteiger partial charge is 0.338 e. The van der Waals surface area contributed by atoms with Gasteiger partial charge in [-0.25, -0.2) is 9.59 Å². The van der Waals surface area contributed by atoms with Crippen LogP contribution in [0.3, 0.4) is 0 Å². The predicted octanol–water partition coefficient (Wildman–Crippen LogP) is 19.8. The maximum atomic E-state index is 13.1. The first-order valence-electron chi connectivity index (χ1n) is 31.4. The van der Waals surface area contributed by atoms with Crippen molar-refractivity contribution < 1.29 is 19.1 Å². The Morgan fingerprint density at radius 3 is 0.729 bits per heavy atom. The van der Waals surface area contributed by atoms with Crippen LogP contribution in [-0.4, -0.2) is 74.2 Å². The van der Waals surface area contributed by atoms with Crippen LogP contribution in [-0.2, 0) is 9.47 Å². The number of unbranched alkanes of at least 4 members (excludes halogenated alkanes) is 38. The summed E-state index contributed by atoms with van der Waals surface area (Å²) in [6, 6.07) is 6.91. The molecular formula is C64H120N2O4. The van der Waals surface area contributed by atoms with Gasteiger partial charge in [-0.1, -0.05) is 265 Å². The molecule has 1 aromatic rings. The average Bonchev–Trinajstić information content (AvgIpc) is 3.37. The van der Waals surface area contributed by atoms with Crippen LogP contribution in [0.15, 0.2) is 24.3 Å². The van der Waals surface area contributed by atoms with E-state index >= 15 is 0 Å². The molecule has 0 radical (unpaired) electrons. The molecule has 0 aliphatic heterocycles. The van der Waals surface area contributed by atoms with Crippen LogP contribution < -0.4 is 0 Å². The highest BCUT2D eigenvalue weighted by atomic mass is 16.5. The minimum atomic E-state index is -0.354. The summed E-state index contributed by atoms with van der Waals surface area (Å²) in [5, 5.41) is 0. The average molecular weight is 982 g/mol. The number of rotatable bonds is 56. The van der Waals surface area contributed by atoms with E-state index in [0.717, 1.165) is 38.8 Å². The molecule has 0 bridgehead atoms. The highest BCUT2D eigenvalue weighted by molar-refractivity contribution is 5.95. The van der Waals surface area contributed by atoms with Crippen molar-refractivity contribution in [3.8, 4) is 0 Å². The van der Waals surface area contributed by atoms with Gasteiger partial charge in [0.1, 0.15) is 0 Å². The summed E-state index contributed by atoms with van der Waals surface area (Å²) in [7, 11) is 0. The molecule has 0 spiro atoms. The van der Waals surface area contributed by atoms with E-state index in [1.54, 1.807) is 24.3 Å². The number of ether oxygens (including phenoxy) is 2. The fourth-order valence-electron chi connectivity index (χ4n) is 10.1. The van der Waals surface area contributed by atoms with Crippen LogP contribution in [0.2, 0.25) is 0 Å². The summed E-state index contributed by atoms with van der Waals surface area (Å²) >= 11 is 0. The Morgan fingerprint density at radius 1 is 0.300 bits per heavy atom. The number of hydrogen-bond donors (Lipinski definition) is 0. The van der Waals surface area contributed by atoms with Gasteiger partial charge in [-0.15, -0.1) is 0 Å². The maximum Gasteiger partial charge on any atom is 0.338 e. The summed E-state index contributed by atoms with van der Waals surface area (Å²) in [6.07, 6.45) is 58.7. The van der Waals surface area contributed by atoms with Gasteiger partial charge < -0.3 is 19.3 Å². The largest absolute Gasteiger partial charge is 0.462 e. The predicted molar refractivity (Wildman–Crippen MR) is 306 cm³/mol. The molecule has 0 fully saturated rings. The van der Waals surface area contributed by atoms with Crippen molar-refractivity contribution in [3.05, 3.63) is 35.4 Å². The number of esters is 2. The quantitative estimate of drug-likeness (QED) is 0.0479. The Bertz CT molecular complexity index is 1100. The third-order valence-corrected chi connectivity index (χ3v) is 14.8. The standard InChI is InChI=1S/C64H120N2O4/c1-5-9-13-17-21-25-29-33-37-41-52-65(53-42-38-34-30-26-22-18-14-10-6-2)56-45-47-58-69-63(67)61-50-49-51-62(60-61)64(68)70-59-48-46-57-66(54-43-39-35-31-27-23-19-15-11-7-3)55-44-40-36-32-28-24-20-16-12-8-4/h49-51,60H,5-48,52-59H2,1-4H3. The van der Waals surface area contributed by atoms with E-state index in [2.05, 4.69) is 37.5 Å². The Kier molecular flexibility index (Phi) is 50.4. The highest BCUT2D eigenvalue weighted by Gasteiger charge is 2.14. The molecule has 0 aliphatic carbocycles. The molecule has 0 N–H and O–H groups in total. The number of carbonyl (C=O) groups is 2. The molecule has 410 valence electrons. The lowest BCUT2D eigenvalue weighted by molar-refractivity contribution is 0.0493. The van der Waals surface area contributed by atoms with Gasteiger partial charge in [0.25, 0.3) is 0 Å². The third kappa shape index (κ3) is 43.6. The van der Waals surface area contributed by atoms with Gasteiger partial charge in [0.2, 0.25) is 0 Å². The van der Waals surface area contributed by atoms with Crippen LogP contribution in [0.5, 0.6) is 0 Å². The molecule has 70 heavy (non-hydrogen) atoms. The fraction of sp³-hybridized carbons (Fsp3) is 0.875. The molecule has 0 saturated heterocycles. The van der Waals surface area contributed by atoms with Crippen LogP contribution in [0, 0.1) is 0 Å². The lowest BCUT2D eigenvalue weighted by Gasteiger charge is -2.22. The van der Waals surface area contributed by atoms with E-state index in [-0.39, 0.29) is 11.9 Å². The Balaban J connectivity index is 2.46. The maximum absolute atomic E-state index is 13.1. The molecule has 0 aromatic heterocycles. The second-order valence-electron chi connectivity index (χ2n) is 21.7. The zero-order valence-corrected chi connectivity index (χ0v) is 47.6. The van der Waals surface area contributed by atoms with Gasteiger partial charge >= 0.3 is 11.9 Å². The lowest BCUT2D eigenvalue weighted by atomic mass is 10.1. The number of benzene rings is 1. The van der Waals surface area contributed by atoms with E-state index < -0.39 is 0 Å². The third-order valence-electron chi connectivity index (χ3n) is 14.8. The van der Waals surface area contributed by atoms with Crippen molar-refractivity contribution in [3.63, 3.8) is 0 Å². The summed E-state index contributed by atoms with van der Waals surface area (Å²) in [6.45, 7) is 16.9. The summed E-state index contributed by atoms with van der Waals surface area (Å²) < 4.78 is 11.5. The summed E-state index contributed by atoms with van der Waals surface area (Å²) in [5.41, 5.74) is 0.847. The molecule has 6 heteroatoms. The van der Waals surface area contributed by atoms with Crippen molar-refractivity contribution in [2.75, 3.05) is 52.5 Å².